The zero-order chi connectivity index (χ0) is 18.1. The van der Waals surface area contributed by atoms with E-state index in [0.717, 1.165) is 57.0 Å². The number of rotatable bonds is 1. The Morgan fingerprint density at radius 1 is 0.963 bits per heavy atom. The molecular weight excluding hydrogens is 346 g/mol. The predicted molar refractivity (Wildman–Crippen MR) is 99.7 cm³/mol. The van der Waals surface area contributed by atoms with Crippen molar-refractivity contribution in [2.45, 2.75) is 13.0 Å². The fourth-order valence-electron chi connectivity index (χ4n) is 4.20. The van der Waals surface area contributed by atoms with Gasteiger partial charge in [-0.25, -0.2) is 0 Å². The van der Waals surface area contributed by atoms with Gasteiger partial charge in [0.15, 0.2) is 23.0 Å². The molecule has 3 aliphatic heterocycles. The van der Waals surface area contributed by atoms with E-state index in [1.165, 1.54) is 5.69 Å². The van der Waals surface area contributed by atoms with Crippen molar-refractivity contribution in [1.29, 1.82) is 0 Å². The van der Waals surface area contributed by atoms with E-state index in [9.17, 15) is 0 Å². The van der Waals surface area contributed by atoms with Gasteiger partial charge in [-0.1, -0.05) is 12.1 Å². The maximum absolute atomic E-state index is 5.86. The van der Waals surface area contributed by atoms with Gasteiger partial charge in [-0.15, -0.1) is 0 Å². The molecule has 3 aromatic carbocycles. The molecule has 3 heterocycles. The van der Waals surface area contributed by atoms with E-state index < -0.39 is 6.48 Å². The highest BCUT2D eigenvalue weighted by atomic mass is 16.9. The molecule has 27 heavy (non-hydrogen) atoms. The summed E-state index contributed by atoms with van der Waals surface area (Å²) in [7, 11) is 3.66. The van der Waals surface area contributed by atoms with Gasteiger partial charge in [0.25, 0.3) is 0 Å². The molecule has 3 aromatic rings. The summed E-state index contributed by atoms with van der Waals surface area (Å²) in [5.74, 6) is 3.09. The average Bonchev–Trinajstić information content (AvgIpc) is 3.31. The highest BCUT2D eigenvalue weighted by Crippen LogP contribution is 2.51. The first-order valence-electron chi connectivity index (χ1n) is 8.83. The third-order valence-corrected chi connectivity index (χ3v) is 5.41. The zero-order valence-corrected chi connectivity index (χ0v) is 14.9. The molecule has 0 N–H and O–H groups in total. The van der Waals surface area contributed by atoms with Crippen LogP contribution < -0.4 is 23.8 Å². The molecule has 0 saturated heterocycles. The Bertz CT molecular complexity index is 1110. The van der Waals surface area contributed by atoms with Crippen molar-refractivity contribution in [3.63, 3.8) is 0 Å². The van der Waals surface area contributed by atoms with Gasteiger partial charge in [0, 0.05) is 37.2 Å². The third kappa shape index (κ3) is 1.99. The summed E-state index contributed by atoms with van der Waals surface area (Å²) in [5, 5.41) is 2.28. The Balaban J connectivity index is 1.59. The van der Waals surface area contributed by atoms with Gasteiger partial charge < -0.3 is 28.6 Å². The lowest BCUT2D eigenvalue weighted by Gasteiger charge is -2.31. The molecular formula is C21H17NO5. The van der Waals surface area contributed by atoms with Crippen LogP contribution in [0.2, 0.25) is 0 Å². The number of hydrogen-bond donors (Lipinski definition) is 0. The second-order valence-corrected chi connectivity index (χ2v) is 6.92. The molecule has 6 rings (SSSR count). The fraction of sp³-hybridized carbons (Fsp3) is 0.238. The van der Waals surface area contributed by atoms with Crippen molar-refractivity contribution in [3.8, 4) is 34.1 Å². The Morgan fingerprint density at radius 2 is 1.78 bits per heavy atom. The summed E-state index contributed by atoms with van der Waals surface area (Å²) in [6.07, 6.45) is 0. The van der Waals surface area contributed by atoms with Crippen LogP contribution in [-0.2, 0) is 11.3 Å². The van der Waals surface area contributed by atoms with Crippen molar-refractivity contribution < 1.29 is 23.7 Å². The highest BCUT2D eigenvalue weighted by molar-refractivity contribution is 6.05. The second kappa shape index (κ2) is 5.20. The topological polar surface area (TPSA) is 49.4 Å². The van der Waals surface area contributed by atoms with Gasteiger partial charge in [0.05, 0.1) is 5.69 Å². The third-order valence-electron chi connectivity index (χ3n) is 5.41. The van der Waals surface area contributed by atoms with E-state index >= 15 is 0 Å². The molecule has 136 valence electrons. The van der Waals surface area contributed by atoms with Crippen LogP contribution in [0, 0.1) is 0 Å². The van der Waals surface area contributed by atoms with Gasteiger partial charge in [-0.3, -0.25) is 0 Å². The van der Waals surface area contributed by atoms with E-state index in [0.29, 0.717) is 0 Å². The van der Waals surface area contributed by atoms with Gasteiger partial charge in [0.2, 0.25) is 6.79 Å². The summed E-state index contributed by atoms with van der Waals surface area (Å²) in [4.78, 5) is 2.24. The number of fused-ring (bicyclic) bond motifs is 8. The standard InChI is InChI=1S/C21H17NO5/c1-22-9-15-12(5-6-16-20(15)27-21(23-2)26-16)13-4-3-11-7-17-18(25-10-24-17)8-14(11)19(13)22/h3-8,21H,9-10H2,1-2H3/t21-/m1/s1. The average molecular weight is 363 g/mol. The summed E-state index contributed by atoms with van der Waals surface area (Å²) in [5.41, 5.74) is 4.61. The lowest BCUT2D eigenvalue weighted by molar-refractivity contribution is -0.158. The van der Waals surface area contributed by atoms with Crippen molar-refractivity contribution in [2.75, 3.05) is 25.9 Å². The molecule has 6 nitrogen and oxygen atoms in total. The molecule has 0 saturated carbocycles. The first kappa shape index (κ1) is 15.0. The van der Waals surface area contributed by atoms with Gasteiger partial charge >= 0.3 is 6.48 Å². The van der Waals surface area contributed by atoms with E-state index in [-0.39, 0.29) is 6.79 Å². The number of hydrogen-bond acceptors (Lipinski definition) is 6. The molecule has 0 radical (unpaired) electrons. The first-order valence-corrected chi connectivity index (χ1v) is 8.83. The summed E-state index contributed by atoms with van der Waals surface area (Å²) in [6, 6.07) is 12.5. The molecule has 3 aliphatic rings. The van der Waals surface area contributed by atoms with Crippen molar-refractivity contribution in [3.05, 3.63) is 42.0 Å². The molecule has 0 amide bonds. The number of methoxy groups -OCH3 is 1. The molecule has 0 unspecified atom stereocenters. The van der Waals surface area contributed by atoms with E-state index in [2.05, 4.69) is 36.2 Å². The normalized spacial score (nSPS) is 18.6. The Hall–Kier alpha value is -3.12. The Labute approximate surface area is 155 Å². The molecule has 6 heteroatoms. The summed E-state index contributed by atoms with van der Waals surface area (Å²) < 4.78 is 27.9. The lowest BCUT2D eigenvalue weighted by atomic mass is 9.90. The van der Waals surface area contributed by atoms with Crippen LogP contribution >= 0.6 is 0 Å². The minimum atomic E-state index is -0.686. The molecule has 1 atom stereocenters. The quantitative estimate of drug-likeness (QED) is 0.654. The van der Waals surface area contributed by atoms with Crippen LogP contribution in [0.1, 0.15) is 5.56 Å². The number of nitrogens with zero attached hydrogens (tertiary/aromatic N) is 1. The summed E-state index contributed by atoms with van der Waals surface area (Å²) >= 11 is 0. The fourth-order valence-corrected chi connectivity index (χ4v) is 4.20. The number of anilines is 1. The second-order valence-electron chi connectivity index (χ2n) is 6.92. The van der Waals surface area contributed by atoms with Crippen LogP contribution in [0.3, 0.4) is 0 Å². The largest absolute Gasteiger partial charge is 0.454 e. The minimum absolute atomic E-state index is 0.274. The lowest BCUT2D eigenvalue weighted by Crippen LogP contribution is -2.23. The highest BCUT2D eigenvalue weighted by Gasteiger charge is 2.32. The van der Waals surface area contributed by atoms with E-state index in [1.54, 1.807) is 7.11 Å². The summed E-state index contributed by atoms with van der Waals surface area (Å²) in [6.45, 7) is 0.310. The monoisotopic (exact) mass is 363 g/mol. The van der Waals surface area contributed by atoms with Crippen LogP contribution in [0.25, 0.3) is 21.9 Å². The van der Waals surface area contributed by atoms with Crippen LogP contribution in [0.4, 0.5) is 5.69 Å². The SMILES string of the molecule is CO[C@@H]1Oc2ccc3c(c2O1)CN(C)c1c-3ccc2cc3c(cc12)OCO3. The minimum Gasteiger partial charge on any atom is -0.454 e. The maximum atomic E-state index is 5.86. The van der Waals surface area contributed by atoms with Gasteiger partial charge in [0.1, 0.15) is 0 Å². The van der Waals surface area contributed by atoms with Crippen LogP contribution in [-0.4, -0.2) is 27.4 Å². The molecule has 0 fully saturated rings. The number of benzene rings is 3. The van der Waals surface area contributed by atoms with Crippen molar-refractivity contribution >= 4 is 16.5 Å². The Kier molecular flexibility index (Phi) is 2.89. The zero-order valence-electron chi connectivity index (χ0n) is 14.9. The van der Waals surface area contributed by atoms with Crippen molar-refractivity contribution in [2.24, 2.45) is 0 Å². The molecule has 0 aliphatic carbocycles. The smallest absolute Gasteiger partial charge is 0.360 e. The number of ether oxygens (including phenoxy) is 5. The van der Waals surface area contributed by atoms with Crippen LogP contribution in [0.15, 0.2) is 36.4 Å². The molecule has 0 bridgehead atoms. The van der Waals surface area contributed by atoms with Crippen LogP contribution in [0.5, 0.6) is 23.0 Å². The van der Waals surface area contributed by atoms with E-state index in [4.69, 9.17) is 23.7 Å². The van der Waals surface area contributed by atoms with E-state index in [1.807, 2.05) is 12.1 Å². The Morgan fingerprint density at radius 3 is 2.63 bits per heavy atom. The predicted octanol–water partition coefficient (Wildman–Crippen LogP) is 3.89. The molecule has 0 aromatic heterocycles. The first-order chi connectivity index (χ1) is 13.2. The maximum Gasteiger partial charge on any atom is 0.360 e. The molecule has 0 spiro atoms. The van der Waals surface area contributed by atoms with Gasteiger partial charge in [-0.2, -0.15) is 0 Å². The van der Waals surface area contributed by atoms with Crippen molar-refractivity contribution in [1.82, 2.24) is 0 Å². The van der Waals surface area contributed by atoms with Gasteiger partial charge in [-0.05, 0) is 35.2 Å².